The monoisotopic (exact) mass is 514 g/mol. The van der Waals surface area contributed by atoms with Gasteiger partial charge >= 0.3 is 0 Å². The van der Waals surface area contributed by atoms with Crippen LogP contribution >= 0.6 is 0 Å². The molecule has 0 spiro atoms. The van der Waals surface area contributed by atoms with Gasteiger partial charge in [-0.05, 0) is 70.1 Å². The fourth-order valence-electron chi connectivity index (χ4n) is 5.72. The Morgan fingerprint density at radius 1 is 0.575 bits per heavy atom. The third-order valence-corrected chi connectivity index (χ3v) is 7.70. The van der Waals surface area contributed by atoms with Crippen molar-refractivity contribution < 1.29 is 0 Å². The highest BCUT2D eigenvalue weighted by molar-refractivity contribution is 5.96. The Bertz CT molecular complexity index is 1860. The van der Waals surface area contributed by atoms with Gasteiger partial charge in [0.2, 0.25) is 0 Å². The lowest BCUT2D eigenvalue weighted by atomic mass is 9.99. The van der Waals surface area contributed by atoms with Crippen molar-refractivity contribution in [1.82, 2.24) is 0 Å². The van der Waals surface area contributed by atoms with Crippen molar-refractivity contribution in [3.05, 3.63) is 163 Å². The van der Waals surface area contributed by atoms with Crippen LogP contribution in [-0.4, -0.2) is 6.04 Å². The molecule has 0 heterocycles. The molecular weight excluding hydrogens is 484 g/mol. The summed E-state index contributed by atoms with van der Waals surface area (Å²) in [6.07, 6.45) is 7.77. The van der Waals surface area contributed by atoms with Crippen LogP contribution in [0.5, 0.6) is 0 Å². The topological polar surface area (TPSA) is 15.3 Å². The Balaban J connectivity index is 1.24. The Morgan fingerprint density at radius 2 is 1.30 bits per heavy atom. The Kier molecular flexibility index (Phi) is 6.35. The van der Waals surface area contributed by atoms with Gasteiger partial charge in [-0.15, -0.1) is 0 Å². The number of hydrogen-bond acceptors (Lipinski definition) is 2. The molecular formula is C38H30N2. The van der Waals surface area contributed by atoms with Crippen molar-refractivity contribution >= 4 is 38.6 Å². The molecule has 0 saturated heterocycles. The molecule has 1 atom stereocenters. The second-order valence-electron chi connectivity index (χ2n) is 10.3. The predicted octanol–water partition coefficient (Wildman–Crippen LogP) is 10.1. The van der Waals surface area contributed by atoms with Gasteiger partial charge in [0.05, 0.1) is 6.04 Å². The first kappa shape index (κ1) is 24.0. The summed E-state index contributed by atoms with van der Waals surface area (Å²) >= 11 is 0. The molecule has 0 aromatic heterocycles. The van der Waals surface area contributed by atoms with E-state index in [1.54, 1.807) is 0 Å². The van der Waals surface area contributed by atoms with Crippen LogP contribution in [0.1, 0.15) is 6.42 Å². The molecule has 0 amide bonds. The molecule has 1 aliphatic carbocycles. The maximum Gasteiger partial charge on any atom is 0.0561 e. The molecule has 1 N–H and O–H groups in total. The number of fused-ring (bicyclic) bond motifs is 2. The quantitative estimate of drug-likeness (QED) is 0.238. The molecule has 0 aliphatic heterocycles. The molecule has 0 saturated carbocycles. The number of hydrogen-bond donors (Lipinski definition) is 1. The van der Waals surface area contributed by atoms with E-state index < -0.39 is 0 Å². The summed E-state index contributed by atoms with van der Waals surface area (Å²) in [5.74, 6) is 0. The second-order valence-corrected chi connectivity index (χ2v) is 10.3. The molecule has 7 rings (SSSR count). The maximum atomic E-state index is 3.63. The first-order valence-corrected chi connectivity index (χ1v) is 13.9. The molecule has 0 fully saturated rings. The smallest absolute Gasteiger partial charge is 0.0561 e. The van der Waals surface area contributed by atoms with E-state index in [0.717, 1.165) is 17.8 Å². The van der Waals surface area contributed by atoms with E-state index in [0.29, 0.717) is 0 Å². The fourth-order valence-corrected chi connectivity index (χ4v) is 5.72. The van der Waals surface area contributed by atoms with E-state index >= 15 is 0 Å². The van der Waals surface area contributed by atoms with Crippen molar-refractivity contribution in [3.63, 3.8) is 0 Å². The number of nitrogens with one attached hydrogen (secondary N) is 1. The van der Waals surface area contributed by atoms with Gasteiger partial charge in [-0.3, -0.25) is 0 Å². The third-order valence-electron chi connectivity index (χ3n) is 7.70. The van der Waals surface area contributed by atoms with Crippen LogP contribution < -0.4 is 10.2 Å². The molecule has 6 aromatic carbocycles. The summed E-state index contributed by atoms with van der Waals surface area (Å²) < 4.78 is 0. The summed E-state index contributed by atoms with van der Waals surface area (Å²) in [7, 11) is 0. The molecule has 0 bridgehead atoms. The van der Waals surface area contributed by atoms with Crippen molar-refractivity contribution in [2.45, 2.75) is 12.5 Å². The van der Waals surface area contributed by atoms with E-state index in [4.69, 9.17) is 0 Å². The predicted molar refractivity (Wildman–Crippen MR) is 171 cm³/mol. The molecule has 2 heteroatoms. The van der Waals surface area contributed by atoms with Gasteiger partial charge in [0.15, 0.2) is 0 Å². The van der Waals surface area contributed by atoms with Gasteiger partial charge in [0.1, 0.15) is 0 Å². The number of nitrogens with zero attached hydrogens (tertiary/aromatic N) is 1. The van der Waals surface area contributed by atoms with Gasteiger partial charge in [0, 0.05) is 28.1 Å². The van der Waals surface area contributed by atoms with Crippen LogP contribution in [-0.2, 0) is 0 Å². The average molecular weight is 515 g/mol. The zero-order chi connectivity index (χ0) is 26.7. The molecule has 1 unspecified atom stereocenters. The molecule has 0 radical (unpaired) electrons. The second kappa shape index (κ2) is 10.6. The highest BCUT2D eigenvalue weighted by Gasteiger charge is 2.22. The van der Waals surface area contributed by atoms with Gasteiger partial charge in [-0.1, -0.05) is 121 Å². The van der Waals surface area contributed by atoms with Crippen molar-refractivity contribution in [2.75, 3.05) is 10.2 Å². The minimum atomic E-state index is 0.180. The van der Waals surface area contributed by atoms with E-state index in [-0.39, 0.29) is 6.04 Å². The summed E-state index contributed by atoms with van der Waals surface area (Å²) in [5, 5.41) is 8.63. The zero-order valence-electron chi connectivity index (χ0n) is 22.2. The third kappa shape index (κ3) is 4.76. The number of benzene rings is 6. The molecule has 192 valence electrons. The van der Waals surface area contributed by atoms with Gasteiger partial charge in [-0.25, -0.2) is 0 Å². The Labute approximate surface area is 235 Å². The van der Waals surface area contributed by atoms with Gasteiger partial charge in [-0.2, -0.15) is 0 Å². The van der Waals surface area contributed by atoms with Crippen molar-refractivity contribution in [3.8, 4) is 11.1 Å². The summed E-state index contributed by atoms with van der Waals surface area (Å²) in [4.78, 5) is 2.49. The number of anilines is 3. The van der Waals surface area contributed by atoms with Crippen LogP contribution in [0, 0.1) is 0 Å². The Morgan fingerprint density at radius 3 is 2.15 bits per heavy atom. The fraction of sp³-hybridized carbons (Fsp3) is 0.0526. The summed E-state index contributed by atoms with van der Waals surface area (Å²) in [5.41, 5.74) is 7.08. The summed E-state index contributed by atoms with van der Waals surface area (Å²) in [6, 6.07) is 50.0. The largest absolute Gasteiger partial charge is 0.356 e. The lowest BCUT2D eigenvalue weighted by Gasteiger charge is -2.34. The first-order valence-electron chi connectivity index (χ1n) is 13.9. The maximum absolute atomic E-state index is 3.63. The SMILES string of the molecule is C1=CC(N(c2cccc(-c3ccccc3)c2)c2cccc3ccccc23)CC=C1Nc1ccc2ccccc2c1. The highest BCUT2D eigenvalue weighted by atomic mass is 15.2. The molecule has 2 nitrogen and oxygen atoms in total. The lowest BCUT2D eigenvalue weighted by molar-refractivity contribution is 0.782. The highest BCUT2D eigenvalue weighted by Crippen LogP contribution is 2.38. The minimum absolute atomic E-state index is 0.180. The zero-order valence-corrected chi connectivity index (χ0v) is 22.2. The molecule has 1 aliphatic rings. The molecule has 6 aromatic rings. The first-order chi connectivity index (χ1) is 19.8. The van der Waals surface area contributed by atoms with Crippen molar-refractivity contribution in [2.24, 2.45) is 0 Å². The van der Waals surface area contributed by atoms with Crippen LogP contribution in [0.25, 0.3) is 32.7 Å². The Hall–Kier alpha value is -5.08. The standard InChI is InChI=1S/C38H30N2/c1-2-10-28(11-3-1)32-16-8-17-36(27-32)40(38-19-9-15-30-13-6-7-18-37(30)38)35-24-22-33(23-25-35)39-34-21-20-29-12-4-5-14-31(29)26-34/h1-24,26-27,35,39H,25H2. The van der Waals surface area contributed by atoms with Gasteiger partial charge < -0.3 is 10.2 Å². The van der Waals surface area contributed by atoms with Crippen LogP contribution in [0.3, 0.4) is 0 Å². The minimum Gasteiger partial charge on any atom is -0.356 e. The lowest BCUT2D eigenvalue weighted by Crippen LogP contribution is -2.30. The van der Waals surface area contributed by atoms with Crippen molar-refractivity contribution in [1.29, 1.82) is 0 Å². The van der Waals surface area contributed by atoms with E-state index in [1.807, 2.05) is 0 Å². The number of rotatable bonds is 6. The van der Waals surface area contributed by atoms with Crippen LogP contribution in [0.4, 0.5) is 17.1 Å². The average Bonchev–Trinajstić information content (AvgIpc) is 3.03. The van der Waals surface area contributed by atoms with Crippen LogP contribution in [0.2, 0.25) is 0 Å². The van der Waals surface area contributed by atoms with Gasteiger partial charge in [0.25, 0.3) is 0 Å². The van der Waals surface area contributed by atoms with E-state index in [2.05, 4.69) is 168 Å². The summed E-state index contributed by atoms with van der Waals surface area (Å²) in [6.45, 7) is 0. The van der Waals surface area contributed by atoms with E-state index in [9.17, 15) is 0 Å². The normalized spacial score (nSPS) is 14.7. The molecule has 40 heavy (non-hydrogen) atoms. The van der Waals surface area contributed by atoms with E-state index in [1.165, 1.54) is 44.0 Å². The number of allylic oxidation sites excluding steroid dienone is 1. The van der Waals surface area contributed by atoms with Crippen LogP contribution in [0.15, 0.2) is 163 Å².